The molecule has 5 nitrogen and oxygen atoms in total. The van der Waals surface area contributed by atoms with E-state index in [9.17, 15) is 9.59 Å². The number of ether oxygens (including phenoxy) is 1. The molecule has 0 radical (unpaired) electrons. The maximum absolute atomic E-state index is 11.4. The smallest absolute Gasteiger partial charge is 0.350 e. The number of rotatable bonds is 3. The number of carbonyl (C=O) groups is 2. The summed E-state index contributed by atoms with van der Waals surface area (Å²) in [6.45, 7) is 2.05. The van der Waals surface area contributed by atoms with Crippen molar-refractivity contribution in [3.63, 3.8) is 0 Å². The molecule has 1 aromatic heterocycles. The molecule has 0 aliphatic rings. The predicted molar refractivity (Wildman–Crippen MR) is 58.4 cm³/mol. The van der Waals surface area contributed by atoms with Crippen molar-refractivity contribution in [1.29, 1.82) is 0 Å². The summed E-state index contributed by atoms with van der Waals surface area (Å²) in [6.07, 6.45) is 0. The number of anilines is 1. The van der Waals surface area contributed by atoms with E-state index < -0.39 is 5.97 Å². The van der Waals surface area contributed by atoms with Crippen LogP contribution in [0.3, 0.4) is 0 Å². The first-order valence-corrected chi connectivity index (χ1v) is 5.30. The van der Waals surface area contributed by atoms with Crippen LogP contribution in [-0.4, -0.2) is 25.7 Å². The molecule has 2 amide bonds. The summed E-state index contributed by atoms with van der Waals surface area (Å²) in [6, 6.07) is 1.30. The predicted octanol–water partition coefficient (Wildman–Crippen LogP) is 1.68. The van der Waals surface area contributed by atoms with E-state index >= 15 is 0 Å². The standard InChI is InChI=1S/C9H12N2O3S/c1-3-14-8(12)7-6(4-5-15-7)11-9(13)10-2/h4-5H,3H2,1-2H3,(H2,10,11,13). The third kappa shape index (κ3) is 2.95. The minimum Gasteiger partial charge on any atom is -0.462 e. The number of amides is 2. The van der Waals surface area contributed by atoms with Crippen molar-refractivity contribution < 1.29 is 14.3 Å². The Morgan fingerprint density at radius 1 is 1.53 bits per heavy atom. The summed E-state index contributed by atoms with van der Waals surface area (Å²) in [5.74, 6) is -0.418. The largest absolute Gasteiger partial charge is 0.462 e. The van der Waals surface area contributed by atoms with Crippen molar-refractivity contribution in [3.05, 3.63) is 16.3 Å². The van der Waals surface area contributed by atoms with E-state index in [0.717, 1.165) is 0 Å². The van der Waals surface area contributed by atoms with E-state index in [4.69, 9.17) is 4.74 Å². The maximum atomic E-state index is 11.4. The summed E-state index contributed by atoms with van der Waals surface area (Å²) in [5.41, 5.74) is 0.470. The van der Waals surface area contributed by atoms with Crippen molar-refractivity contribution >= 4 is 29.0 Å². The van der Waals surface area contributed by atoms with E-state index in [-0.39, 0.29) is 6.03 Å². The fraction of sp³-hybridized carbons (Fsp3) is 0.333. The Hall–Kier alpha value is -1.56. The van der Waals surface area contributed by atoms with Gasteiger partial charge in [0.15, 0.2) is 0 Å². The van der Waals surface area contributed by atoms with Gasteiger partial charge in [-0.2, -0.15) is 0 Å². The molecule has 0 spiro atoms. The molecule has 0 aliphatic carbocycles. The van der Waals surface area contributed by atoms with Crippen LogP contribution in [0.4, 0.5) is 10.5 Å². The van der Waals surface area contributed by atoms with Crippen LogP contribution in [0.5, 0.6) is 0 Å². The molecule has 6 heteroatoms. The minimum atomic E-state index is -0.418. The van der Waals surface area contributed by atoms with E-state index in [0.29, 0.717) is 17.2 Å². The van der Waals surface area contributed by atoms with Crippen molar-refractivity contribution in [1.82, 2.24) is 5.32 Å². The number of carbonyl (C=O) groups excluding carboxylic acids is 2. The molecule has 0 unspecified atom stereocenters. The topological polar surface area (TPSA) is 67.4 Å². The molecule has 0 saturated carbocycles. The van der Waals surface area contributed by atoms with Gasteiger partial charge >= 0.3 is 12.0 Å². The zero-order valence-electron chi connectivity index (χ0n) is 8.49. The average Bonchev–Trinajstić information content (AvgIpc) is 2.66. The van der Waals surface area contributed by atoms with Gasteiger partial charge < -0.3 is 15.4 Å². The quantitative estimate of drug-likeness (QED) is 0.773. The van der Waals surface area contributed by atoms with Crippen LogP contribution in [0.2, 0.25) is 0 Å². The first-order valence-electron chi connectivity index (χ1n) is 4.42. The molecular weight excluding hydrogens is 216 g/mol. The first kappa shape index (κ1) is 11.5. The highest BCUT2D eigenvalue weighted by molar-refractivity contribution is 7.12. The third-order valence-corrected chi connectivity index (χ3v) is 2.50. The van der Waals surface area contributed by atoms with E-state index in [1.54, 1.807) is 18.4 Å². The summed E-state index contributed by atoms with van der Waals surface area (Å²) >= 11 is 1.23. The van der Waals surface area contributed by atoms with Crippen molar-refractivity contribution in [2.24, 2.45) is 0 Å². The highest BCUT2D eigenvalue weighted by Gasteiger charge is 2.15. The number of thiophene rings is 1. The lowest BCUT2D eigenvalue weighted by Crippen LogP contribution is -2.25. The third-order valence-electron chi connectivity index (χ3n) is 1.60. The molecule has 0 saturated heterocycles. The van der Waals surface area contributed by atoms with E-state index in [1.165, 1.54) is 18.4 Å². The Kier molecular flexibility index (Phi) is 4.11. The molecule has 1 heterocycles. The van der Waals surface area contributed by atoms with Gasteiger partial charge in [-0.1, -0.05) is 0 Å². The van der Waals surface area contributed by atoms with Gasteiger partial charge in [-0.15, -0.1) is 11.3 Å². The van der Waals surface area contributed by atoms with Crippen molar-refractivity contribution in [2.75, 3.05) is 19.0 Å². The van der Waals surface area contributed by atoms with Gasteiger partial charge in [0.1, 0.15) is 4.88 Å². The van der Waals surface area contributed by atoms with Crippen LogP contribution in [0.15, 0.2) is 11.4 Å². The average molecular weight is 228 g/mol. The molecule has 1 rings (SSSR count). The number of nitrogens with one attached hydrogen (secondary N) is 2. The van der Waals surface area contributed by atoms with Gasteiger partial charge in [0.2, 0.25) is 0 Å². The molecule has 1 aromatic rings. The summed E-state index contributed by atoms with van der Waals surface area (Å²) in [5, 5.41) is 6.66. The molecular formula is C9H12N2O3S. The van der Waals surface area contributed by atoms with Crippen LogP contribution in [0, 0.1) is 0 Å². The fourth-order valence-electron chi connectivity index (χ4n) is 0.947. The summed E-state index contributed by atoms with van der Waals surface area (Å²) in [4.78, 5) is 22.9. The molecule has 0 atom stereocenters. The first-order chi connectivity index (χ1) is 7.19. The van der Waals surface area contributed by atoms with Crippen molar-refractivity contribution in [2.45, 2.75) is 6.92 Å². The summed E-state index contributed by atoms with van der Waals surface area (Å²) in [7, 11) is 1.51. The van der Waals surface area contributed by atoms with Crippen LogP contribution < -0.4 is 10.6 Å². The summed E-state index contributed by atoms with van der Waals surface area (Å²) < 4.78 is 4.84. The Bertz CT molecular complexity index is 362. The van der Waals surface area contributed by atoms with E-state index in [2.05, 4.69) is 10.6 Å². The van der Waals surface area contributed by atoms with Gasteiger partial charge in [0.05, 0.1) is 12.3 Å². The zero-order chi connectivity index (χ0) is 11.3. The Morgan fingerprint density at radius 2 is 2.27 bits per heavy atom. The molecule has 0 bridgehead atoms. The van der Waals surface area contributed by atoms with E-state index in [1.807, 2.05) is 0 Å². The highest BCUT2D eigenvalue weighted by Crippen LogP contribution is 2.22. The zero-order valence-corrected chi connectivity index (χ0v) is 9.31. The highest BCUT2D eigenvalue weighted by atomic mass is 32.1. The van der Waals surface area contributed by atoms with Gasteiger partial charge in [-0.3, -0.25) is 0 Å². The Labute approximate surface area is 91.4 Å². The Balaban J connectivity index is 2.77. The molecule has 0 aromatic carbocycles. The van der Waals surface area contributed by atoms with Crippen LogP contribution in [0.25, 0.3) is 0 Å². The number of hydrogen-bond acceptors (Lipinski definition) is 4. The molecule has 82 valence electrons. The lowest BCUT2D eigenvalue weighted by molar-refractivity contribution is 0.0533. The molecule has 0 fully saturated rings. The number of urea groups is 1. The monoisotopic (exact) mass is 228 g/mol. The van der Waals surface area contributed by atoms with Gasteiger partial charge in [-0.05, 0) is 18.4 Å². The Morgan fingerprint density at radius 3 is 2.87 bits per heavy atom. The lowest BCUT2D eigenvalue weighted by Gasteiger charge is -2.04. The minimum absolute atomic E-state index is 0.316. The lowest BCUT2D eigenvalue weighted by atomic mass is 10.4. The van der Waals surface area contributed by atoms with Crippen LogP contribution >= 0.6 is 11.3 Å². The number of esters is 1. The molecule has 2 N–H and O–H groups in total. The maximum Gasteiger partial charge on any atom is 0.350 e. The van der Waals surface area contributed by atoms with Crippen molar-refractivity contribution in [3.8, 4) is 0 Å². The van der Waals surface area contributed by atoms with Gasteiger partial charge in [0.25, 0.3) is 0 Å². The fourth-order valence-corrected chi connectivity index (χ4v) is 1.69. The molecule has 0 aliphatic heterocycles. The molecule has 15 heavy (non-hydrogen) atoms. The second-order valence-corrected chi connectivity index (χ2v) is 3.50. The van der Waals surface area contributed by atoms with Gasteiger partial charge in [-0.25, -0.2) is 9.59 Å². The van der Waals surface area contributed by atoms with Gasteiger partial charge in [0, 0.05) is 7.05 Å². The second-order valence-electron chi connectivity index (χ2n) is 2.59. The number of hydrogen-bond donors (Lipinski definition) is 2. The SMILES string of the molecule is CCOC(=O)c1sccc1NC(=O)NC. The van der Waals surface area contributed by atoms with Crippen LogP contribution in [-0.2, 0) is 4.74 Å². The second kappa shape index (κ2) is 5.35. The normalized spacial score (nSPS) is 9.47. The van der Waals surface area contributed by atoms with Crippen LogP contribution in [0.1, 0.15) is 16.6 Å².